The smallest absolute Gasteiger partial charge is 0.270 e. The van der Waals surface area contributed by atoms with Crippen LogP contribution in [0.4, 0.5) is 0 Å². The van der Waals surface area contributed by atoms with E-state index in [0.717, 1.165) is 37.5 Å². The van der Waals surface area contributed by atoms with Gasteiger partial charge in [-0.05, 0) is 37.8 Å². The summed E-state index contributed by atoms with van der Waals surface area (Å²) in [5.74, 6) is -0.0339. The lowest BCUT2D eigenvalue weighted by molar-refractivity contribution is 0.0646. The van der Waals surface area contributed by atoms with Crippen LogP contribution in [0.15, 0.2) is 34.6 Å². The number of rotatable bonds is 4. The van der Waals surface area contributed by atoms with Crippen molar-refractivity contribution < 1.29 is 4.79 Å². The molecule has 6 nitrogen and oxygen atoms in total. The molecular formula is C19H24N4O2S. The summed E-state index contributed by atoms with van der Waals surface area (Å²) < 4.78 is 1.44. The van der Waals surface area contributed by atoms with Crippen LogP contribution in [-0.4, -0.2) is 51.4 Å². The van der Waals surface area contributed by atoms with Gasteiger partial charge in [-0.1, -0.05) is 6.07 Å². The SMILES string of the molecule is CN(Cc1nccs1)C1CC12CCN(C(=O)c1cccc(=O)n1C)CC2. The first kappa shape index (κ1) is 17.4. The number of amides is 1. The number of hydrogen-bond acceptors (Lipinski definition) is 5. The Morgan fingerprint density at radius 1 is 1.38 bits per heavy atom. The number of carbonyl (C=O) groups is 1. The maximum absolute atomic E-state index is 12.8. The second-order valence-electron chi connectivity index (χ2n) is 7.52. The van der Waals surface area contributed by atoms with Gasteiger partial charge in [0, 0.05) is 43.8 Å². The number of piperidine rings is 1. The van der Waals surface area contributed by atoms with Crippen molar-refractivity contribution in [2.45, 2.75) is 31.8 Å². The fourth-order valence-corrected chi connectivity index (χ4v) is 4.92. The Hall–Kier alpha value is -1.99. The zero-order valence-corrected chi connectivity index (χ0v) is 16.0. The van der Waals surface area contributed by atoms with Crippen LogP contribution >= 0.6 is 11.3 Å². The van der Waals surface area contributed by atoms with E-state index in [4.69, 9.17) is 0 Å². The first-order valence-corrected chi connectivity index (χ1v) is 9.92. The fourth-order valence-electron chi connectivity index (χ4n) is 4.24. The summed E-state index contributed by atoms with van der Waals surface area (Å²) in [5, 5.41) is 3.18. The van der Waals surface area contributed by atoms with E-state index >= 15 is 0 Å². The molecule has 7 heteroatoms. The largest absolute Gasteiger partial charge is 0.337 e. The van der Waals surface area contributed by atoms with Crippen molar-refractivity contribution >= 4 is 17.2 Å². The molecule has 0 N–H and O–H groups in total. The molecule has 2 aromatic rings. The van der Waals surface area contributed by atoms with Crippen LogP contribution in [0.3, 0.4) is 0 Å². The number of aromatic nitrogens is 2. The minimum atomic E-state index is -0.143. The van der Waals surface area contributed by atoms with Crippen LogP contribution in [0.5, 0.6) is 0 Å². The molecule has 0 radical (unpaired) electrons. The van der Waals surface area contributed by atoms with E-state index in [9.17, 15) is 9.59 Å². The molecule has 1 atom stereocenters. The Bertz CT molecular complexity index is 853. The van der Waals surface area contributed by atoms with Crippen molar-refractivity contribution in [3.63, 3.8) is 0 Å². The molecule has 4 rings (SSSR count). The van der Waals surface area contributed by atoms with Crippen LogP contribution in [0.1, 0.15) is 34.8 Å². The molecule has 2 fully saturated rings. The predicted molar refractivity (Wildman–Crippen MR) is 101 cm³/mol. The van der Waals surface area contributed by atoms with Crippen molar-refractivity contribution in [2.75, 3.05) is 20.1 Å². The number of pyridine rings is 1. The minimum absolute atomic E-state index is 0.0339. The number of carbonyl (C=O) groups excluding carboxylic acids is 1. The summed E-state index contributed by atoms with van der Waals surface area (Å²) in [4.78, 5) is 33.2. The standard InChI is InChI=1S/C19H24N4O2S/c1-21(13-16-20-8-11-26-16)15-12-19(15)6-9-23(10-7-19)18(25)14-4-3-5-17(24)22(14)2/h3-5,8,11,15H,6-7,9-10,12-13H2,1-2H3. The van der Waals surface area contributed by atoms with E-state index in [0.29, 0.717) is 17.2 Å². The van der Waals surface area contributed by atoms with E-state index in [1.165, 1.54) is 17.1 Å². The van der Waals surface area contributed by atoms with Gasteiger partial charge in [-0.25, -0.2) is 4.98 Å². The Morgan fingerprint density at radius 3 is 2.85 bits per heavy atom. The minimum Gasteiger partial charge on any atom is -0.337 e. The Labute approximate surface area is 157 Å². The molecular weight excluding hydrogens is 348 g/mol. The lowest BCUT2D eigenvalue weighted by Gasteiger charge is -2.34. The quantitative estimate of drug-likeness (QED) is 0.823. The molecule has 0 bridgehead atoms. The number of likely N-dealkylation sites (tertiary alicyclic amines) is 1. The molecule has 1 amide bonds. The molecule has 1 unspecified atom stereocenters. The van der Waals surface area contributed by atoms with Crippen LogP contribution in [-0.2, 0) is 13.6 Å². The molecule has 26 heavy (non-hydrogen) atoms. The third-order valence-electron chi connectivity index (χ3n) is 6.00. The van der Waals surface area contributed by atoms with Gasteiger partial charge in [-0.3, -0.25) is 14.5 Å². The number of thiazole rings is 1. The van der Waals surface area contributed by atoms with Gasteiger partial charge in [0.1, 0.15) is 10.7 Å². The molecule has 2 aromatic heterocycles. The van der Waals surface area contributed by atoms with Gasteiger partial charge in [-0.2, -0.15) is 0 Å². The highest BCUT2D eigenvalue weighted by Crippen LogP contribution is 2.56. The molecule has 1 aliphatic carbocycles. The van der Waals surface area contributed by atoms with Crippen molar-refractivity contribution in [3.8, 4) is 0 Å². The van der Waals surface area contributed by atoms with Gasteiger partial charge in [-0.15, -0.1) is 11.3 Å². The highest BCUT2D eigenvalue weighted by atomic mass is 32.1. The third-order valence-corrected chi connectivity index (χ3v) is 6.76. The van der Waals surface area contributed by atoms with E-state index in [2.05, 4.69) is 16.9 Å². The first-order chi connectivity index (χ1) is 12.5. The van der Waals surface area contributed by atoms with Crippen LogP contribution in [0, 0.1) is 5.41 Å². The average molecular weight is 372 g/mol. The van der Waals surface area contributed by atoms with E-state index < -0.39 is 0 Å². The third kappa shape index (κ3) is 3.10. The van der Waals surface area contributed by atoms with Gasteiger partial charge >= 0.3 is 0 Å². The summed E-state index contributed by atoms with van der Waals surface area (Å²) in [7, 11) is 3.84. The van der Waals surface area contributed by atoms with Crippen molar-refractivity contribution in [3.05, 3.63) is 50.8 Å². The van der Waals surface area contributed by atoms with Crippen molar-refractivity contribution in [1.29, 1.82) is 0 Å². The van der Waals surface area contributed by atoms with Gasteiger partial charge < -0.3 is 9.47 Å². The van der Waals surface area contributed by atoms with Gasteiger partial charge in [0.05, 0.1) is 6.54 Å². The van der Waals surface area contributed by atoms with Crippen LogP contribution in [0.25, 0.3) is 0 Å². The molecule has 3 heterocycles. The monoisotopic (exact) mass is 372 g/mol. The lowest BCUT2D eigenvalue weighted by atomic mass is 9.92. The topological polar surface area (TPSA) is 58.4 Å². The summed E-state index contributed by atoms with van der Waals surface area (Å²) >= 11 is 1.70. The molecule has 1 saturated heterocycles. The summed E-state index contributed by atoms with van der Waals surface area (Å²) in [5.41, 5.74) is 0.683. The maximum Gasteiger partial charge on any atom is 0.270 e. The van der Waals surface area contributed by atoms with E-state index in [1.54, 1.807) is 30.5 Å². The van der Waals surface area contributed by atoms with E-state index in [1.807, 2.05) is 16.5 Å². The van der Waals surface area contributed by atoms with Gasteiger partial charge in [0.25, 0.3) is 11.5 Å². The normalized spacial score (nSPS) is 21.3. The molecule has 1 spiro atoms. The van der Waals surface area contributed by atoms with Crippen LogP contribution < -0.4 is 5.56 Å². The molecule has 1 saturated carbocycles. The van der Waals surface area contributed by atoms with E-state index in [-0.39, 0.29) is 11.5 Å². The number of nitrogens with zero attached hydrogens (tertiary/aromatic N) is 4. The Balaban J connectivity index is 1.37. The average Bonchev–Trinajstić information content (AvgIpc) is 3.08. The molecule has 1 aliphatic heterocycles. The van der Waals surface area contributed by atoms with Crippen LogP contribution in [0.2, 0.25) is 0 Å². The second-order valence-corrected chi connectivity index (χ2v) is 8.50. The Morgan fingerprint density at radius 2 is 2.15 bits per heavy atom. The zero-order valence-electron chi connectivity index (χ0n) is 15.2. The Kier molecular flexibility index (Phi) is 4.44. The highest BCUT2D eigenvalue weighted by Gasteiger charge is 2.56. The van der Waals surface area contributed by atoms with Crippen molar-refractivity contribution in [2.24, 2.45) is 12.5 Å². The fraction of sp³-hybridized carbons (Fsp3) is 0.526. The zero-order chi connectivity index (χ0) is 18.3. The van der Waals surface area contributed by atoms with Crippen molar-refractivity contribution in [1.82, 2.24) is 19.4 Å². The molecule has 2 aliphatic rings. The first-order valence-electron chi connectivity index (χ1n) is 9.04. The number of hydrogen-bond donors (Lipinski definition) is 0. The highest BCUT2D eigenvalue weighted by molar-refractivity contribution is 7.09. The summed E-state index contributed by atoms with van der Waals surface area (Å²) in [6, 6.07) is 5.46. The summed E-state index contributed by atoms with van der Waals surface area (Å²) in [6.45, 7) is 2.44. The second kappa shape index (κ2) is 6.63. The molecule has 138 valence electrons. The predicted octanol–water partition coefficient (Wildman–Crippen LogP) is 1.97. The van der Waals surface area contributed by atoms with Gasteiger partial charge in [0.2, 0.25) is 0 Å². The maximum atomic E-state index is 12.8. The summed E-state index contributed by atoms with van der Waals surface area (Å²) in [6.07, 6.45) is 5.14. The lowest BCUT2D eigenvalue weighted by Crippen LogP contribution is -2.42. The van der Waals surface area contributed by atoms with Gasteiger partial charge in [0.15, 0.2) is 0 Å². The molecule has 0 aromatic carbocycles.